The summed E-state index contributed by atoms with van der Waals surface area (Å²) in [5.74, 6) is 1.73. The van der Waals surface area contributed by atoms with Crippen molar-refractivity contribution in [2.45, 2.75) is 40.2 Å². The minimum atomic E-state index is 0.713. The summed E-state index contributed by atoms with van der Waals surface area (Å²) in [5, 5.41) is 3.43. The highest BCUT2D eigenvalue weighted by Crippen LogP contribution is 2.20. The van der Waals surface area contributed by atoms with Gasteiger partial charge in [-0.3, -0.25) is 0 Å². The number of anilines is 1. The smallest absolute Gasteiger partial charge is 0.203 e. The van der Waals surface area contributed by atoms with Gasteiger partial charge in [-0.1, -0.05) is 32.9 Å². The van der Waals surface area contributed by atoms with Crippen LogP contribution in [0.1, 0.15) is 33.6 Å². The van der Waals surface area contributed by atoms with Crippen LogP contribution in [0.3, 0.4) is 0 Å². The van der Waals surface area contributed by atoms with Crippen LogP contribution in [-0.4, -0.2) is 16.1 Å². The van der Waals surface area contributed by atoms with E-state index in [-0.39, 0.29) is 0 Å². The molecule has 18 heavy (non-hydrogen) atoms. The summed E-state index contributed by atoms with van der Waals surface area (Å²) in [6.07, 6.45) is 2.30. The highest BCUT2D eigenvalue weighted by Gasteiger charge is 2.09. The van der Waals surface area contributed by atoms with Crippen LogP contribution in [0.15, 0.2) is 24.3 Å². The van der Waals surface area contributed by atoms with Crippen LogP contribution in [0.25, 0.3) is 11.0 Å². The van der Waals surface area contributed by atoms with Gasteiger partial charge in [-0.25, -0.2) is 4.98 Å². The lowest BCUT2D eigenvalue weighted by molar-refractivity contribution is 0.525. The van der Waals surface area contributed by atoms with Crippen molar-refractivity contribution in [3.05, 3.63) is 24.3 Å². The van der Waals surface area contributed by atoms with Crippen molar-refractivity contribution >= 4 is 17.0 Å². The lowest BCUT2D eigenvalue weighted by atomic mass is 10.1. The number of aryl methyl sites for hydroxylation is 1. The number of para-hydroxylation sites is 2. The molecule has 0 aliphatic rings. The number of fused-ring (bicyclic) bond motifs is 1. The summed E-state index contributed by atoms with van der Waals surface area (Å²) in [7, 11) is 0. The van der Waals surface area contributed by atoms with Crippen molar-refractivity contribution in [3.63, 3.8) is 0 Å². The van der Waals surface area contributed by atoms with Crippen molar-refractivity contribution < 1.29 is 0 Å². The van der Waals surface area contributed by atoms with Gasteiger partial charge in [0.15, 0.2) is 0 Å². The van der Waals surface area contributed by atoms with E-state index in [9.17, 15) is 0 Å². The third-order valence-electron chi connectivity index (χ3n) is 3.12. The minimum Gasteiger partial charge on any atom is -0.356 e. The largest absolute Gasteiger partial charge is 0.356 e. The molecule has 0 aliphatic heterocycles. The molecule has 0 bridgehead atoms. The highest BCUT2D eigenvalue weighted by atomic mass is 15.2. The van der Waals surface area contributed by atoms with Gasteiger partial charge in [0.05, 0.1) is 11.0 Å². The lowest BCUT2D eigenvalue weighted by Gasteiger charge is -2.11. The van der Waals surface area contributed by atoms with Gasteiger partial charge in [0, 0.05) is 13.1 Å². The first kappa shape index (κ1) is 12.9. The lowest BCUT2D eigenvalue weighted by Crippen LogP contribution is -2.09. The molecule has 0 aliphatic carbocycles. The SMILES string of the molecule is CCCNc1nc2ccccc2n1CCC(C)C. The first-order chi connectivity index (χ1) is 8.72. The molecule has 0 saturated heterocycles. The van der Waals surface area contributed by atoms with Crippen molar-refractivity contribution in [1.82, 2.24) is 9.55 Å². The van der Waals surface area contributed by atoms with Crippen molar-refractivity contribution in [1.29, 1.82) is 0 Å². The van der Waals surface area contributed by atoms with E-state index < -0.39 is 0 Å². The second-order valence-corrected chi connectivity index (χ2v) is 5.19. The van der Waals surface area contributed by atoms with Crippen LogP contribution in [-0.2, 0) is 6.54 Å². The van der Waals surface area contributed by atoms with Gasteiger partial charge in [-0.2, -0.15) is 0 Å². The number of benzene rings is 1. The van der Waals surface area contributed by atoms with E-state index in [0.717, 1.165) is 31.0 Å². The van der Waals surface area contributed by atoms with Crippen LogP contribution in [0.5, 0.6) is 0 Å². The van der Waals surface area contributed by atoms with Gasteiger partial charge in [-0.05, 0) is 30.9 Å². The minimum absolute atomic E-state index is 0.713. The maximum atomic E-state index is 4.68. The standard InChI is InChI=1S/C15H23N3/c1-4-10-16-15-17-13-7-5-6-8-14(13)18(15)11-9-12(2)3/h5-8,12H,4,9-11H2,1-3H3,(H,16,17). The molecule has 0 amide bonds. The average molecular weight is 245 g/mol. The van der Waals surface area contributed by atoms with E-state index in [1.807, 2.05) is 6.07 Å². The Morgan fingerprint density at radius 2 is 2.06 bits per heavy atom. The molecule has 1 heterocycles. The fourth-order valence-corrected chi connectivity index (χ4v) is 2.06. The Bertz CT molecular complexity index is 499. The van der Waals surface area contributed by atoms with Gasteiger partial charge in [-0.15, -0.1) is 0 Å². The summed E-state index contributed by atoms with van der Waals surface area (Å²) >= 11 is 0. The molecule has 1 aromatic carbocycles. The van der Waals surface area contributed by atoms with Crippen LogP contribution in [0.2, 0.25) is 0 Å². The van der Waals surface area contributed by atoms with E-state index in [0.29, 0.717) is 5.92 Å². The van der Waals surface area contributed by atoms with Crippen LogP contribution in [0, 0.1) is 5.92 Å². The predicted molar refractivity (Wildman–Crippen MR) is 78.0 cm³/mol. The molecule has 2 aromatic rings. The number of rotatable bonds is 6. The fourth-order valence-electron chi connectivity index (χ4n) is 2.06. The summed E-state index contributed by atoms with van der Waals surface area (Å²) in [6, 6.07) is 8.36. The summed E-state index contributed by atoms with van der Waals surface area (Å²) in [5.41, 5.74) is 2.32. The van der Waals surface area contributed by atoms with E-state index in [1.165, 1.54) is 11.9 Å². The predicted octanol–water partition coefficient (Wildman–Crippen LogP) is 3.90. The number of aromatic nitrogens is 2. The molecule has 0 spiro atoms. The van der Waals surface area contributed by atoms with Crippen molar-refractivity contribution in [2.24, 2.45) is 5.92 Å². The Morgan fingerprint density at radius 3 is 2.78 bits per heavy atom. The number of nitrogens with one attached hydrogen (secondary N) is 1. The van der Waals surface area contributed by atoms with Crippen molar-refractivity contribution in [2.75, 3.05) is 11.9 Å². The first-order valence-electron chi connectivity index (χ1n) is 6.91. The highest BCUT2D eigenvalue weighted by molar-refractivity contribution is 5.78. The fraction of sp³-hybridized carbons (Fsp3) is 0.533. The first-order valence-corrected chi connectivity index (χ1v) is 6.91. The molecule has 98 valence electrons. The summed E-state index contributed by atoms with van der Waals surface area (Å²) < 4.78 is 2.31. The summed E-state index contributed by atoms with van der Waals surface area (Å²) in [6.45, 7) is 8.71. The van der Waals surface area contributed by atoms with Crippen molar-refractivity contribution in [3.8, 4) is 0 Å². The molecule has 0 fully saturated rings. The summed E-state index contributed by atoms with van der Waals surface area (Å²) in [4.78, 5) is 4.68. The maximum absolute atomic E-state index is 4.68. The van der Waals surface area contributed by atoms with Gasteiger partial charge in [0.2, 0.25) is 5.95 Å². The van der Waals surface area contributed by atoms with Crippen LogP contribution < -0.4 is 5.32 Å². The molecule has 3 heteroatoms. The molecule has 0 atom stereocenters. The topological polar surface area (TPSA) is 29.9 Å². The molecule has 0 radical (unpaired) electrons. The molecule has 1 N–H and O–H groups in total. The number of nitrogens with zero attached hydrogens (tertiary/aromatic N) is 2. The van der Waals surface area contributed by atoms with Crippen LogP contribution in [0.4, 0.5) is 5.95 Å². The van der Waals surface area contributed by atoms with E-state index >= 15 is 0 Å². The van der Waals surface area contributed by atoms with E-state index in [2.05, 4.69) is 53.8 Å². The Hall–Kier alpha value is -1.51. The zero-order chi connectivity index (χ0) is 13.0. The zero-order valence-electron chi connectivity index (χ0n) is 11.6. The second-order valence-electron chi connectivity index (χ2n) is 5.19. The van der Waals surface area contributed by atoms with Gasteiger partial charge in [0.1, 0.15) is 0 Å². The third kappa shape index (κ3) is 2.84. The van der Waals surface area contributed by atoms with Crippen LogP contribution >= 0.6 is 0 Å². The molecular formula is C15H23N3. The number of hydrogen-bond donors (Lipinski definition) is 1. The van der Waals surface area contributed by atoms with Gasteiger partial charge >= 0.3 is 0 Å². The average Bonchev–Trinajstić information content (AvgIpc) is 2.71. The molecular weight excluding hydrogens is 222 g/mol. The number of imidazole rings is 1. The normalized spacial score (nSPS) is 11.3. The van der Waals surface area contributed by atoms with E-state index in [4.69, 9.17) is 0 Å². The second kappa shape index (κ2) is 5.89. The molecule has 1 aromatic heterocycles. The number of hydrogen-bond acceptors (Lipinski definition) is 2. The Kier molecular flexibility index (Phi) is 4.24. The Labute approximate surface area is 109 Å². The van der Waals surface area contributed by atoms with Gasteiger partial charge < -0.3 is 9.88 Å². The maximum Gasteiger partial charge on any atom is 0.203 e. The quantitative estimate of drug-likeness (QED) is 0.836. The third-order valence-corrected chi connectivity index (χ3v) is 3.12. The Balaban J connectivity index is 2.31. The molecule has 0 saturated carbocycles. The molecule has 0 unspecified atom stereocenters. The molecule has 3 nitrogen and oxygen atoms in total. The molecule has 2 rings (SSSR count). The zero-order valence-corrected chi connectivity index (χ0v) is 11.6. The monoisotopic (exact) mass is 245 g/mol. The van der Waals surface area contributed by atoms with Gasteiger partial charge in [0.25, 0.3) is 0 Å². The Morgan fingerprint density at radius 1 is 1.28 bits per heavy atom. The van der Waals surface area contributed by atoms with E-state index in [1.54, 1.807) is 0 Å².